The minimum Gasteiger partial charge on any atom is -0.381 e. The van der Waals surface area contributed by atoms with Gasteiger partial charge in [0, 0.05) is 30.8 Å². The molecule has 1 aliphatic heterocycles. The first-order valence-corrected chi connectivity index (χ1v) is 8.48. The molecule has 0 radical (unpaired) electrons. The van der Waals surface area contributed by atoms with Crippen LogP contribution >= 0.6 is 15.9 Å². The van der Waals surface area contributed by atoms with Gasteiger partial charge in [-0.2, -0.15) is 4.31 Å². The summed E-state index contributed by atoms with van der Waals surface area (Å²) in [6, 6.07) is 5.36. The highest BCUT2D eigenvalue weighted by molar-refractivity contribution is 9.10. The third-order valence-corrected chi connectivity index (χ3v) is 6.06. The van der Waals surface area contributed by atoms with Crippen LogP contribution in [-0.2, 0) is 14.8 Å². The van der Waals surface area contributed by atoms with Gasteiger partial charge in [0.25, 0.3) is 0 Å². The zero-order chi connectivity index (χ0) is 14.0. The summed E-state index contributed by atoms with van der Waals surface area (Å²) in [6.07, 6.45) is 1.51. The summed E-state index contributed by atoms with van der Waals surface area (Å²) >= 11 is 3.33. The van der Waals surface area contributed by atoms with E-state index < -0.39 is 10.0 Å². The normalized spacial score (nSPS) is 17.9. The van der Waals surface area contributed by atoms with Crippen LogP contribution in [-0.4, -0.2) is 39.0 Å². The van der Waals surface area contributed by atoms with Crippen LogP contribution in [0.25, 0.3) is 0 Å². The second-order valence-corrected chi connectivity index (χ2v) is 7.66. The van der Waals surface area contributed by atoms with Gasteiger partial charge >= 0.3 is 0 Å². The van der Waals surface area contributed by atoms with Crippen molar-refractivity contribution in [2.24, 2.45) is 0 Å². The van der Waals surface area contributed by atoms with Crippen LogP contribution in [0.15, 0.2) is 27.6 Å². The largest absolute Gasteiger partial charge is 0.381 e. The molecular formula is C13H18BrNO3S. The number of ether oxygens (including phenoxy) is 1. The average molecular weight is 348 g/mol. The molecule has 0 spiro atoms. The highest BCUT2D eigenvalue weighted by Gasteiger charge is 2.30. The second kappa shape index (κ2) is 5.91. The van der Waals surface area contributed by atoms with E-state index in [2.05, 4.69) is 15.9 Å². The lowest BCUT2D eigenvalue weighted by Gasteiger charge is -2.30. The van der Waals surface area contributed by atoms with E-state index in [1.54, 1.807) is 13.1 Å². The van der Waals surface area contributed by atoms with Gasteiger partial charge in [-0.15, -0.1) is 0 Å². The van der Waals surface area contributed by atoms with Crippen molar-refractivity contribution in [3.8, 4) is 0 Å². The maximum atomic E-state index is 12.7. The van der Waals surface area contributed by atoms with E-state index >= 15 is 0 Å². The van der Waals surface area contributed by atoms with Gasteiger partial charge in [-0.05, 0) is 37.5 Å². The molecular weight excluding hydrogens is 330 g/mol. The predicted octanol–water partition coefficient (Wildman–Crippen LogP) is 2.56. The number of benzene rings is 1. The van der Waals surface area contributed by atoms with Crippen molar-refractivity contribution < 1.29 is 13.2 Å². The summed E-state index contributed by atoms with van der Waals surface area (Å²) in [7, 11) is -1.79. The summed E-state index contributed by atoms with van der Waals surface area (Å²) in [6.45, 7) is 3.07. The molecule has 106 valence electrons. The lowest BCUT2D eigenvalue weighted by Crippen LogP contribution is -2.40. The Labute approximate surface area is 122 Å². The Morgan fingerprint density at radius 1 is 1.32 bits per heavy atom. The molecule has 0 amide bonds. The molecule has 6 heteroatoms. The summed E-state index contributed by atoms with van der Waals surface area (Å²) in [5.74, 6) is 0. The molecule has 0 saturated carbocycles. The molecule has 1 fully saturated rings. The van der Waals surface area contributed by atoms with Crippen molar-refractivity contribution in [1.82, 2.24) is 4.31 Å². The molecule has 1 heterocycles. The van der Waals surface area contributed by atoms with E-state index in [1.165, 1.54) is 4.31 Å². The SMILES string of the molecule is Cc1ccc(Br)cc1S(=O)(=O)N(C)C1CCOCC1. The molecule has 2 rings (SSSR count). The number of sulfonamides is 1. The van der Waals surface area contributed by atoms with Gasteiger partial charge in [0.2, 0.25) is 10.0 Å². The van der Waals surface area contributed by atoms with Gasteiger partial charge in [0.1, 0.15) is 0 Å². The van der Waals surface area contributed by atoms with Crippen LogP contribution in [0.3, 0.4) is 0 Å². The fraction of sp³-hybridized carbons (Fsp3) is 0.538. The standard InChI is InChI=1S/C13H18BrNO3S/c1-10-3-4-11(14)9-13(10)19(16,17)15(2)12-5-7-18-8-6-12/h3-4,9,12H,5-8H2,1-2H3. The maximum Gasteiger partial charge on any atom is 0.243 e. The number of nitrogens with zero attached hydrogens (tertiary/aromatic N) is 1. The van der Waals surface area contributed by atoms with Gasteiger partial charge in [0.05, 0.1) is 4.90 Å². The van der Waals surface area contributed by atoms with Crippen molar-refractivity contribution in [1.29, 1.82) is 0 Å². The molecule has 0 unspecified atom stereocenters. The Morgan fingerprint density at radius 3 is 2.58 bits per heavy atom. The highest BCUT2D eigenvalue weighted by atomic mass is 79.9. The van der Waals surface area contributed by atoms with Crippen LogP contribution in [0.1, 0.15) is 18.4 Å². The minimum atomic E-state index is -3.44. The van der Waals surface area contributed by atoms with E-state index in [0.29, 0.717) is 18.1 Å². The number of aryl methyl sites for hydroxylation is 1. The van der Waals surface area contributed by atoms with E-state index in [1.807, 2.05) is 19.1 Å². The lowest BCUT2D eigenvalue weighted by atomic mass is 10.1. The molecule has 0 bridgehead atoms. The van der Waals surface area contributed by atoms with Gasteiger partial charge in [-0.3, -0.25) is 0 Å². The lowest BCUT2D eigenvalue weighted by molar-refractivity contribution is 0.0632. The molecule has 1 aromatic rings. The summed E-state index contributed by atoms with van der Waals surface area (Å²) in [5, 5.41) is 0. The molecule has 4 nitrogen and oxygen atoms in total. The van der Waals surface area contributed by atoms with Gasteiger partial charge in [-0.25, -0.2) is 8.42 Å². The molecule has 0 atom stereocenters. The zero-order valence-electron chi connectivity index (χ0n) is 11.1. The first-order valence-electron chi connectivity index (χ1n) is 6.25. The summed E-state index contributed by atoms with van der Waals surface area (Å²) in [4.78, 5) is 0.371. The van der Waals surface area contributed by atoms with Crippen molar-refractivity contribution in [2.75, 3.05) is 20.3 Å². The molecule has 0 aliphatic carbocycles. The quantitative estimate of drug-likeness (QED) is 0.844. The Hall–Kier alpha value is -0.430. The molecule has 1 saturated heterocycles. The van der Waals surface area contributed by atoms with Crippen LogP contribution < -0.4 is 0 Å². The monoisotopic (exact) mass is 347 g/mol. The Bertz CT molecular complexity index is 553. The topological polar surface area (TPSA) is 46.6 Å². The number of rotatable bonds is 3. The average Bonchev–Trinajstić information content (AvgIpc) is 2.41. The van der Waals surface area contributed by atoms with Crippen molar-refractivity contribution in [3.05, 3.63) is 28.2 Å². The van der Waals surface area contributed by atoms with Crippen molar-refractivity contribution >= 4 is 26.0 Å². The molecule has 19 heavy (non-hydrogen) atoms. The Kier molecular flexibility index (Phi) is 4.66. The summed E-state index contributed by atoms with van der Waals surface area (Å²) in [5.41, 5.74) is 0.766. The fourth-order valence-electron chi connectivity index (χ4n) is 2.25. The van der Waals surface area contributed by atoms with E-state index in [0.717, 1.165) is 22.9 Å². The Morgan fingerprint density at radius 2 is 1.95 bits per heavy atom. The van der Waals surface area contributed by atoms with Gasteiger partial charge in [-0.1, -0.05) is 22.0 Å². The third kappa shape index (κ3) is 3.18. The highest BCUT2D eigenvalue weighted by Crippen LogP contribution is 2.26. The first kappa shape index (κ1) is 15.0. The van der Waals surface area contributed by atoms with Gasteiger partial charge in [0.15, 0.2) is 0 Å². The van der Waals surface area contributed by atoms with Crippen LogP contribution in [0.5, 0.6) is 0 Å². The molecule has 1 aliphatic rings. The Balaban J connectivity index is 2.33. The van der Waals surface area contributed by atoms with E-state index in [4.69, 9.17) is 4.74 Å². The molecule has 0 N–H and O–H groups in total. The number of hydrogen-bond acceptors (Lipinski definition) is 3. The fourth-order valence-corrected chi connectivity index (χ4v) is 4.43. The van der Waals surface area contributed by atoms with E-state index in [9.17, 15) is 8.42 Å². The van der Waals surface area contributed by atoms with Crippen LogP contribution in [0, 0.1) is 6.92 Å². The third-order valence-electron chi connectivity index (χ3n) is 3.51. The van der Waals surface area contributed by atoms with Crippen LogP contribution in [0.2, 0.25) is 0 Å². The van der Waals surface area contributed by atoms with Gasteiger partial charge < -0.3 is 4.74 Å². The first-order chi connectivity index (χ1) is 8.93. The zero-order valence-corrected chi connectivity index (χ0v) is 13.5. The van der Waals surface area contributed by atoms with Crippen molar-refractivity contribution in [3.63, 3.8) is 0 Å². The summed E-state index contributed by atoms with van der Waals surface area (Å²) < 4.78 is 32.9. The predicted molar refractivity (Wildman–Crippen MR) is 77.7 cm³/mol. The maximum absolute atomic E-state index is 12.7. The number of halogens is 1. The number of hydrogen-bond donors (Lipinski definition) is 0. The van der Waals surface area contributed by atoms with Crippen LogP contribution in [0.4, 0.5) is 0 Å². The second-order valence-electron chi connectivity index (χ2n) is 4.77. The minimum absolute atomic E-state index is 0.0251. The molecule has 1 aromatic carbocycles. The smallest absolute Gasteiger partial charge is 0.243 e. The molecule has 0 aromatic heterocycles. The van der Waals surface area contributed by atoms with Crippen molar-refractivity contribution in [2.45, 2.75) is 30.7 Å². The van der Waals surface area contributed by atoms with E-state index in [-0.39, 0.29) is 6.04 Å².